The molecule has 0 aromatic carbocycles. The van der Waals surface area contributed by atoms with E-state index in [-0.39, 0.29) is 32.2 Å². The van der Waals surface area contributed by atoms with Gasteiger partial charge in [0.2, 0.25) is 6.10 Å². The zero-order valence-electron chi connectivity index (χ0n) is 37.5. The second-order valence-electron chi connectivity index (χ2n) is 16.5. The van der Waals surface area contributed by atoms with Gasteiger partial charge in [0.15, 0.2) is 0 Å². The van der Waals surface area contributed by atoms with Gasteiger partial charge in [0.25, 0.3) is 5.91 Å². The van der Waals surface area contributed by atoms with Gasteiger partial charge in [-0.25, -0.2) is 0 Å². The number of β-amino-alcohol motifs (C(OH)–C–C–N with tert-alkyl or cyclic N) is 1. The number of hydrogen-bond donors (Lipinski definition) is 2. The van der Waals surface area contributed by atoms with Crippen molar-refractivity contribution in [2.45, 2.75) is 206 Å². The van der Waals surface area contributed by atoms with Gasteiger partial charge in [-0.15, -0.1) is 0 Å². The van der Waals surface area contributed by atoms with Crippen molar-refractivity contribution in [3.8, 4) is 0 Å². The lowest BCUT2D eigenvalue weighted by Crippen LogP contribution is -2.49. The van der Waals surface area contributed by atoms with Crippen molar-refractivity contribution in [1.82, 2.24) is 9.80 Å². The summed E-state index contributed by atoms with van der Waals surface area (Å²) in [5.74, 6) is -1.66. The summed E-state index contributed by atoms with van der Waals surface area (Å²) in [6.07, 6.45) is 38.0. The number of nitrogens with two attached hydrogens (primary N) is 1. The Labute approximate surface area is 355 Å². The molecule has 0 aromatic rings. The molecule has 0 aliphatic carbocycles. The van der Waals surface area contributed by atoms with Crippen molar-refractivity contribution in [2.24, 2.45) is 5.73 Å². The van der Waals surface area contributed by atoms with E-state index in [2.05, 4.69) is 48.0 Å². The summed E-state index contributed by atoms with van der Waals surface area (Å²) in [6, 6.07) is 0. The Balaban J connectivity index is 2.41. The number of carbonyl (C=O) groups excluding carboxylic acids is 3. The van der Waals surface area contributed by atoms with E-state index in [9.17, 15) is 19.5 Å². The van der Waals surface area contributed by atoms with Gasteiger partial charge in [-0.3, -0.25) is 24.2 Å². The SMILES string of the molecule is CCCCCCCC/C=C\CCCCCCCC(=O)OCC(OCCN1CCN(CCO)CC1)C(OC(=O)CCCCCCC/C=C\CCCCCCCC)C(N)=O. The van der Waals surface area contributed by atoms with E-state index in [4.69, 9.17) is 19.9 Å². The second kappa shape index (κ2) is 40.2. The van der Waals surface area contributed by atoms with Crippen LogP contribution in [-0.2, 0) is 28.6 Å². The lowest BCUT2D eigenvalue weighted by atomic mass is 10.1. The van der Waals surface area contributed by atoms with Crippen LogP contribution in [0.5, 0.6) is 0 Å². The number of primary amides is 1. The molecule has 0 aromatic heterocycles. The van der Waals surface area contributed by atoms with Gasteiger partial charge in [0.05, 0.1) is 13.2 Å². The van der Waals surface area contributed by atoms with Crippen molar-refractivity contribution in [2.75, 3.05) is 59.1 Å². The quantitative estimate of drug-likeness (QED) is 0.0352. The number of amides is 1. The fourth-order valence-corrected chi connectivity index (χ4v) is 7.38. The van der Waals surface area contributed by atoms with E-state index < -0.39 is 24.1 Å². The first-order valence-electron chi connectivity index (χ1n) is 24.0. The van der Waals surface area contributed by atoms with Gasteiger partial charge in [-0.1, -0.05) is 141 Å². The van der Waals surface area contributed by atoms with Crippen LogP contribution in [0.3, 0.4) is 0 Å². The third-order valence-electron chi connectivity index (χ3n) is 11.2. The Morgan fingerprint density at radius 3 is 1.40 bits per heavy atom. The minimum atomic E-state index is -1.34. The molecule has 1 heterocycles. The van der Waals surface area contributed by atoms with Crippen LogP contribution in [0, 0.1) is 0 Å². The zero-order chi connectivity index (χ0) is 42.2. The number of esters is 2. The number of aliphatic hydroxyl groups is 1. The van der Waals surface area contributed by atoms with Crippen molar-refractivity contribution < 1.29 is 33.7 Å². The molecule has 1 amide bonds. The maximum atomic E-state index is 12.9. The summed E-state index contributed by atoms with van der Waals surface area (Å²) >= 11 is 0. The maximum Gasteiger partial charge on any atom is 0.306 e. The Kier molecular flexibility index (Phi) is 37.2. The molecule has 58 heavy (non-hydrogen) atoms. The number of rotatable bonds is 41. The fraction of sp³-hybridized carbons (Fsp3) is 0.854. The van der Waals surface area contributed by atoms with Crippen LogP contribution in [0.1, 0.15) is 194 Å². The summed E-state index contributed by atoms with van der Waals surface area (Å²) in [6.45, 7) is 9.38. The maximum absolute atomic E-state index is 12.9. The monoisotopic (exact) mass is 820 g/mol. The van der Waals surface area contributed by atoms with Crippen molar-refractivity contribution >= 4 is 17.8 Å². The Hall–Kier alpha value is -2.27. The lowest BCUT2D eigenvalue weighted by molar-refractivity contribution is -0.171. The van der Waals surface area contributed by atoms with Crippen LogP contribution in [0.25, 0.3) is 0 Å². The van der Waals surface area contributed by atoms with Crippen LogP contribution in [0.2, 0.25) is 0 Å². The molecule has 1 saturated heterocycles. The molecule has 3 N–H and O–H groups in total. The van der Waals surface area contributed by atoms with Gasteiger partial charge in [-0.05, 0) is 64.2 Å². The Morgan fingerprint density at radius 1 is 0.569 bits per heavy atom. The van der Waals surface area contributed by atoms with Gasteiger partial charge < -0.3 is 25.1 Å². The van der Waals surface area contributed by atoms with Crippen LogP contribution in [0.4, 0.5) is 0 Å². The molecule has 10 heteroatoms. The molecule has 1 aliphatic rings. The first-order chi connectivity index (χ1) is 28.4. The van der Waals surface area contributed by atoms with Crippen LogP contribution < -0.4 is 5.73 Å². The predicted octanol–water partition coefficient (Wildman–Crippen LogP) is 10.00. The van der Waals surface area contributed by atoms with Crippen LogP contribution in [-0.4, -0.2) is 104 Å². The highest BCUT2D eigenvalue weighted by Gasteiger charge is 2.33. The number of allylic oxidation sites excluding steroid dienone is 4. The van der Waals surface area contributed by atoms with Crippen LogP contribution in [0.15, 0.2) is 24.3 Å². The van der Waals surface area contributed by atoms with Crippen molar-refractivity contribution in [1.29, 1.82) is 0 Å². The molecule has 0 bridgehead atoms. The highest BCUT2D eigenvalue weighted by molar-refractivity contribution is 5.83. The molecular formula is C48H89N3O7. The number of aliphatic hydroxyl groups excluding tert-OH is 1. The van der Waals surface area contributed by atoms with E-state index in [1.165, 1.54) is 96.3 Å². The Morgan fingerprint density at radius 2 is 0.966 bits per heavy atom. The minimum absolute atomic E-state index is 0.144. The number of piperazine rings is 1. The summed E-state index contributed by atoms with van der Waals surface area (Å²) in [5.41, 5.74) is 5.75. The summed E-state index contributed by atoms with van der Waals surface area (Å²) in [4.78, 5) is 42.7. The van der Waals surface area contributed by atoms with Crippen molar-refractivity contribution in [3.05, 3.63) is 24.3 Å². The van der Waals surface area contributed by atoms with Gasteiger partial charge in [0.1, 0.15) is 12.7 Å². The molecule has 0 saturated carbocycles. The van der Waals surface area contributed by atoms with Gasteiger partial charge in [0, 0.05) is 52.1 Å². The van der Waals surface area contributed by atoms with Crippen LogP contribution >= 0.6 is 0 Å². The van der Waals surface area contributed by atoms with Crippen molar-refractivity contribution in [3.63, 3.8) is 0 Å². The molecule has 1 fully saturated rings. The molecule has 0 radical (unpaired) electrons. The molecular weight excluding hydrogens is 731 g/mol. The number of nitrogens with zero attached hydrogens (tertiary/aromatic N) is 2. The summed E-state index contributed by atoms with van der Waals surface area (Å²) in [7, 11) is 0. The molecule has 2 unspecified atom stereocenters. The smallest absolute Gasteiger partial charge is 0.306 e. The molecule has 0 spiro atoms. The second-order valence-corrected chi connectivity index (χ2v) is 16.5. The van der Waals surface area contributed by atoms with E-state index in [0.717, 1.165) is 90.4 Å². The molecule has 1 rings (SSSR count). The third-order valence-corrected chi connectivity index (χ3v) is 11.2. The molecule has 338 valence electrons. The van der Waals surface area contributed by atoms with E-state index in [1.807, 2.05) is 0 Å². The van der Waals surface area contributed by atoms with Gasteiger partial charge in [-0.2, -0.15) is 0 Å². The van der Waals surface area contributed by atoms with E-state index >= 15 is 0 Å². The minimum Gasteiger partial charge on any atom is -0.463 e. The molecule has 1 aliphatic heterocycles. The first-order valence-corrected chi connectivity index (χ1v) is 24.0. The largest absolute Gasteiger partial charge is 0.463 e. The fourth-order valence-electron chi connectivity index (χ4n) is 7.38. The van der Waals surface area contributed by atoms with Gasteiger partial charge >= 0.3 is 11.9 Å². The molecule has 10 nitrogen and oxygen atoms in total. The first kappa shape index (κ1) is 53.7. The van der Waals surface area contributed by atoms with E-state index in [0.29, 0.717) is 25.9 Å². The summed E-state index contributed by atoms with van der Waals surface area (Å²) < 4.78 is 17.3. The Bertz CT molecular complexity index is 1030. The normalized spacial score (nSPS) is 15.0. The number of hydrogen-bond acceptors (Lipinski definition) is 9. The highest BCUT2D eigenvalue weighted by Crippen LogP contribution is 2.15. The number of ether oxygens (including phenoxy) is 3. The topological polar surface area (TPSA) is 132 Å². The standard InChI is InChI=1S/C48H89N3O7/c1-3-5-7-9-11-13-15-17-19-21-23-25-27-29-31-33-45(53)57-43-44(56-42-40-51-37-35-50(36-38-51)39-41-52)47(48(49)55)58-46(54)34-32-30-28-26-24-22-20-18-16-14-12-10-8-6-4-2/h17-20,44,47,52H,3-16,21-43H2,1-2H3,(H2,49,55)/b19-17-,20-18-. The highest BCUT2D eigenvalue weighted by atomic mass is 16.6. The zero-order valence-corrected chi connectivity index (χ0v) is 37.5. The third kappa shape index (κ3) is 32.6. The average molecular weight is 820 g/mol. The number of unbranched alkanes of at least 4 members (excludes halogenated alkanes) is 22. The average Bonchev–Trinajstić information content (AvgIpc) is 3.22. The predicted molar refractivity (Wildman–Crippen MR) is 239 cm³/mol. The summed E-state index contributed by atoms with van der Waals surface area (Å²) in [5, 5.41) is 9.25. The van der Waals surface area contributed by atoms with E-state index in [1.54, 1.807) is 0 Å². The number of carbonyl (C=O) groups is 3. The molecule has 2 atom stereocenters. The lowest BCUT2D eigenvalue weighted by Gasteiger charge is -2.34.